The van der Waals surface area contributed by atoms with Crippen LogP contribution in [-0.4, -0.2) is 24.0 Å². The van der Waals surface area contributed by atoms with Gasteiger partial charge in [-0.2, -0.15) is 0 Å². The number of anilines is 1. The van der Waals surface area contributed by atoms with Gasteiger partial charge in [-0.15, -0.1) is 0 Å². The molecule has 2 aromatic rings. The fourth-order valence-corrected chi connectivity index (χ4v) is 2.79. The van der Waals surface area contributed by atoms with Crippen LogP contribution in [0.25, 0.3) is 10.2 Å². The van der Waals surface area contributed by atoms with Crippen LogP contribution in [0, 0.1) is 5.92 Å². The molecule has 1 aromatic carbocycles. The highest BCUT2D eigenvalue weighted by atomic mass is 32.1. The summed E-state index contributed by atoms with van der Waals surface area (Å²) in [5.41, 5.74) is 1.17. The number of benzene rings is 1. The third-order valence-corrected chi connectivity index (χ3v) is 4.02. The van der Waals surface area contributed by atoms with Crippen molar-refractivity contribution in [1.82, 2.24) is 4.98 Å². The average Bonchev–Trinajstić information content (AvgIpc) is 3.18. The highest BCUT2D eigenvalue weighted by Gasteiger charge is 2.30. The Morgan fingerprint density at radius 2 is 2.21 bits per heavy atom. The Kier molecular flexibility index (Phi) is 2.94. The Labute approximate surface area is 113 Å². The Bertz CT molecular complexity index is 661. The molecular weight excluding hydrogens is 264 g/mol. The predicted octanol–water partition coefficient (Wildman–Crippen LogP) is 2.43. The zero-order valence-electron chi connectivity index (χ0n) is 10.3. The van der Waals surface area contributed by atoms with Gasteiger partial charge in [-0.3, -0.25) is 4.79 Å². The largest absolute Gasteiger partial charge is 0.465 e. The van der Waals surface area contributed by atoms with Crippen molar-refractivity contribution in [3.63, 3.8) is 0 Å². The summed E-state index contributed by atoms with van der Waals surface area (Å²) in [6.45, 7) is 0. The van der Waals surface area contributed by atoms with Gasteiger partial charge in [0.1, 0.15) is 0 Å². The molecule has 0 radical (unpaired) electrons. The second kappa shape index (κ2) is 4.62. The number of nitrogens with zero attached hydrogens (tertiary/aromatic N) is 1. The van der Waals surface area contributed by atoms with E-state index in [1.54, 1.807) is 12.1 Å². The number of ether oxygens (including phenoxy) is 1. The predicted molar refractivity (Wildman–Crippen MR) is 72.3 cm³/mol. The molecule has 0 bridgehead atoms. The molecule has 1 N–H and O–H groups in total. The minimum absolute atomic E-state index is 0.0127. The van der Waals surface area contributed by atoms with Crippen molar-refractivity contribution in [2.45, 2.75) is 12.8 Å². The molecule has 0 spiro atoms. The van der Waals surface area contributed by atoms with E-state index in [0.717, 1.165) is 17.5 Å². The molecule has 0 aliphatic heterocycles. The monoisotopic (exact) mass is 276 g/mol. The van der Waals surface area contributed by atoms with E-state index in [-0.39, 0.29) is 11.8 Å². The summed E-state index contributed by atoms with van der Waals surface area (Å²) >= 11 is 1.30. The van der Waals surface area contributed by atoms with E-state index in [0.29, 0.717) is 16.2 Å². The third kappa shape index (κ3) is 2.31. The molecule has 98 valence electrons. The molecule has 1 amide bonds. The van der Waals surface area contributed by atoms with Gasteiger partial charge in [0.25, 0.3) is 0 Å². The number of carbonyl (C=O) groups is 2. The van der Waals surface area contributed by atoms with Gasteiger partial charge in [0.05, 0.1) is 22.9 Å². The summed E-state index contributed by atoms with van der Waals surface area (Å²) in [6.07, 6.45) is 1.90. The highest BCUT2D eigenvalue weighted by Crippen LogP contribution is 2.33. The Hall–Kier alpha value is -1.95. The molecule has 0 unspecified atom stereocenters. The number of rotatable bonds is 3. The smallest absolute Gasteiger partial charge is 0.339 e. The van der Waals surface area contributed by atoms with Crippen LogP contribution in [-0.2, 0) is 9.53 Å². The van der Waals surface area contributed by atoms with Crippen molar-refractivity contribution in [3.8, 4) is 0 Å². The zero-order chi connectivity index (χ0) is 13.4. The topological polar surface area (TPSA) is 68.3 Å². The first-order chi connectivity index (χ1) is 9.19. The molecule has 1 aromatic heterocycles. The minimum Gasteiger partial charge on any atom is -0.465 e. The van der Waals surface area contributed by atoms with E-state index >= 15 is 0 Å². The van der Waals surface area contributed by atoms with Crippen molar-refractivity contribution in [2.24, 2.45) is 5.92 Å². The Morgan fingerprint density at radius 3 is 2.89 bits per heavy atom. The average molecular weight is 276 g/mol. The number of aromatic nitrogens is 1. The molecule has 3 rings (SSSR count). The number of amides is 1. The van der Waals surface area contributed by atoms with E-state index in [1.807, 2.05) is 6.07 Å². The van der Waals surface area contributed by atoms with Crippen LogP contribution in [0.15, 0.2) is 18.2 Å². The molecule has 1 aliphatic rings. The maximum absolute atomic E-state index is 11.7. The second-order valence-electron chi connectivity index (χ2n) is 4.43. The summed E-state index contributed by atoms with van der Waals surface area (Å²) in [5, 5.41) is 3.32. The standard InChI is InChI=1S/C13H12N2O3S/c1-18-12(17)8-3-2-4-9-10(8)19-13(14-9)15-11(16)7-5-6-7/h2-4,7H,5-6H2,1H3,(H,14,15,16). The van der Waals surface area contributed by atoms with E-state index in [9.17, 15) is 9.59 Å². The van der Waals surface area contributed by atoms with Crippen molar-refractivity contribution in [2.75, 3.05) is 12.4 Å². The first-order valence-corrected chi connectivity index (χ1v) is 6.79. The van der Waals surface area contributed by atoms with Crippen molar-refractivity contribution in [1.29, 1.82) is 0 Å². The van der Waals surface area contributed by atoms with E-state index < -0.39 is 5.97 Å². The van der Waals surface area contributed by atoms with Crippen LogP contribution in [0.5, 0.6) is 0 Å². The van der Waals surface area contributed by atoms with Crippen LogP contribution in [0.2, 0.25) is 0 Å². The van der Waals surface area contributed by atoms with E-state index in [1.165, 1.54) is 18.4 Å². The lowest BCUT2D eigenvalue weighted by atomic mass is 10.2. The Balaban J connectivity index is 1.95. The molecule has 0 saturated heterocycles. The van der Waals surface area contributed by atoms with Crippen LogP contribution < -0.4 is 5.32 Å². The van der Waals surface area contributed by atoms with Gasteiger partial charge in [0.2, 0.25) is 5.91 Å². The fraction of sp³-hybridized carbons (Fsp3) is 0.308. The molecular formula is C13H12N2O3S. The number of methoxy groups -OCH3 is 1. The minimum atomic E-state index is -0.394. The molecule has 1 fully saturated rings. The maximum Gasteiger partial charge on any atom is 0.339 e. The number of esters is 1. The number of hydrogen-bond donors (Lipinski definition) is 1. The molecule has 1 heterocycles. The quantitative estimate of drug-likeness (QED) is 0.874. The number of carbonyl (C=O) groups excluding carboxylic acids is 2. The molecule has 19 heavy (non-hydrogen) atoms. The van der Waals surface area contributed by atoms with Crippen molar-refractivity contribution < 1.29 is 14.3 Å². The summed E-state index contributed by atoms with van der Waals surface area (Å²) in [6, 6.07) is 5.25. The van der Waals surface area contributed by atoms with Gasteiger partial charge in [-0.25, -0.2) is 9.78 Å². The number of thiazole rings is 1. The molecule has 1 saturated carbocycles. The number of hydrogen-bond acceptors (Lipinski definition) is 5. The summed E-state index contributed by atoms with van der Waals surface area (Å²) < 4.78 is 5.47. The van der Waals surface area contributed by atoms with Crippen LogP contribution >= 0.6 is 11.3 Å². The Morgan fingerprint density at radius 1 is 1.42 bits per heavy atom. The zero-order valence-corrected chi connectivity index (χ0v) is 11.1. The van der Waals surface area contributed by atoms with Gasteiger partial charge < -0.3 is 10.1 Å². The molecule has 1 aliphatic carbocycles. The maximum atomic E-state index is 11.7. The van der Waals surface area contributed by atoms with Gasteiger partial charge >= 0.3 is 5.97 Å². The lowest BCUT2D eigenvalue weighted by molar-refractivity contribution is -0.117. The van der Waals surface area contributed by atoms with Gasteiger partial charge in [0, 0.05) is 5.92 Å². The molecule has 6 heteroatoms. The number of fused-ring (bicyclic) bond motifs is 1. The molecule has 0 atom stereocenters. The lowest BCUT2D eigenvalue weighted by Gasteiger charge is -1.98. The normalized spacial score (nSPS) is 14.4. The van der Waals surface area contributed by atoms with Crippen molar-refractivity contribution >= 4 is 38.6 Å². The third-order valence-electron chi connectivity index (χ3n) is 3.00. The van der Waals surface area contributed by atoms with Crippen LogP contribution in [0.1, 0.15) is 23.2 Å². The van der Waals surface area contributed by atoms with Crippen LogP contribution in [0.4, 0.5) is 5.13 Å². The summed E-state index contributed by atoms with van der Waals surface area (Å²) in [7, 11) is 1.35. The van der Waals surface area contributed by atoms with Gasteiger partial charge in [-0.1, -0.05) is 17.4 Å². The first-order valence-electron chi connectivity index (χ1n) is 5.98. The highest BCUT2D eigenvalue weighted by molar-refractivity contribution is 7.22. The first kappa shape index (κ1) is 12.1. The second-order valence-corrected chi connectivity index (χ2v) is 5.43. The molecule has 5 nitrogen and oxygen atoms in total. The lowest BCUT2D eigenvalue weighted by Crippen LogP contribution is -2.12. The summed E-state index contributed by atoms with van der Waals surface area (Å²) in [4.78, 5) is 27.7. The SMILES string of the molecule is COC(=O)c1cccc2nc(NC(=O)C3CC3)sc12. The van der Waals surface area contributed by atoms with E-state index in [2.05, 4.69) is 10.3 Å². The van der Waals surface area contributed by atoms with Gasteiger partial charge in [-0.05, 0) is 25.0 Å². The van der Waals surface area contributed by atoms with E-state index in [4.69, 9.17) is 4.74 Å². The van der Waals surface area contributed by atoms with Gasteiger partial charge in [0.15, 0.2) is 5.13 Å². The fourth-order valence-electron chi connectivity index (χ4n) is 1.83. The number of nitrogens with one attached hydrogen (secondary N) is 1. The van der Waals surface area contributed by atoms with Crippen LogP contribution in [0.3, 0.4) is 0 Å². The van der Waals surface area contributed by atoms with Crippen molar-refractivity contribution in [3.05, 3.63) is 23.8 Å². The summed E-state index contributed by atoms with van der Waals surface area (Å²) in [5.74, 6) is -0.250.